The van der Waals surface area contributed by atoms with E-state index in [9.17, 15) is 14.0 Å². The van der Waals surface area contributed by atoms with Crippen LogP contribution < -0.4 is 20.7 Å². The highest BCUT2D eigenvalue weighted by Gasteiger charge is 2.26. The zero-order valence-corrected chi connectivity index (χ0v) is 10.4. The number of urea groups is 1. The van der Waals surface area contributed by atoms with E-state index in [1.165, 1.54) is 12.1 Å². The van der Waals surface area contributed by atoms with Gasteiger partial charge in [0.2, 0.25) is 5.91 Å². The summed E-state index contributed by atoms with van der Waals surface area (Å²) >= 11 is 0. The van der Waals surface area contributed by atoms with Crippen LogP contribution in [0.1, 0.15) is 6.92 Å². The zero-order valence-electron chi connectivity index (χ0n) is 10.4. The number of nitrogens with zero attached hydrogens (tertiary/aromatic N) is 1. The Morgan fingerprint density at radius 3 is 3.00 bits per heavy atom. The van der Waals surface area contributed by atoms with Crippen molar-refractivity contribution in [2.45, 2.75) is 13.0 Å². The van der Waals surface area contributed by atoms with E-state index < -0.39 is 17.8 Å². The van der Waals surface area contributed by atoms with Crippen LogP contribution in [-0.4, -0.2) is 31.1 Å². The summed E-state index contributed by atoms with van der Waals surface area (Å²) in [6, 6.07) is 3.57. The standard InChI is InChI=1S/C12H14FN3O3/c1-7-5-16(6-10(17)15-12(14)18)9-4-2-3-8(13)11(9)19-7/h2-4,7H,5-6H2,1H3,(H3,14,15,17,18). The van der Waals surface area contributed by atoms with E-state index >= 15 is 0 Å². The van der Waals surface area contributed by atoms with Crippen molar-refractivity contribution in [3.8, 4) is 5.75 Å². The molecule has 0 saturated carbocycles. The summed E-state index contributed by atoms with van der Waals surface area (Å²) in [5.74, 6) is -0.908. The van der Waals surface area contributed by atoms with E-state index in [1.54, 1.807) is 17.9 Å². The van der Waals surface area contributed by atoms with Gasteiger partial charge in [0, 0.05) is 0 Å². The van der Waals surface area contributed by atoms with Crippen molar-refractivity contribution in [2.75, 3.05) is 18.0 Å². The molecule has 0 aliphatic carbocycles. The second kappa shape index (κ2) is 5.13. The number of rotatable bonds is 2. The lowest BCUT2D eigenvalue weighted by molar-refractivity contribution is -0.118. The van der Waals surface area contributed by atoms with Crippen molar-refractivity contribution in [1.82, 2.24) is 5.32 Å². The highest BCUT2D eigenvalue weighted by atomic mass is 19.1. The molecule has 0 radical (unpaired) electrons. The third kappa shape index (κ3) is 2.93. The molecule has 0 spiro atoms. The molecule has 102 valence electrons. The van der Waals surface area contributed by atoms with Gasteiger partial charge in [0.25, 0.3) is 0 Å². The maximum atomic E-state index is 13.6. The number of carbonyl (C=O) groups excluding carboxylic acids is 2. The van der Waals surface area contributed by atoms with Crippen molar-refractivity contribution in [1.29, 1.82) is 0 Å². The lowest BCUT2D eigenvalue weighted by Gasteiger charge is -2.34. The first-order chi connectivity index (χ1) is 8.97. The monoisotopic (exact) mass is 267 g/mol. The number of nitrogens with one attached hydrogen (secondary N) is 1. The molecule has 1 atom stereocenters. The first kappa shape index (κ1) is 13.1. The van der Waals surface area contributed by atoms with Gasteiger partial charge in [0.15, 0.2) is 11.6 Å². The SMILES string of the molecule is CC1CN(CC(=O)NC(N)=O)c2cccc(F)c2O1. The molecule has 0 aromatic heterocycles. The number of carbonyl (C=O) groups is 2. The molecule has 1 heterocycles. The van der Waals surface area contributed by atoms with Crippen LogP contribution in [-0.2, 0) is 4.79 Å². The minimum absolute atomic E-state index is 0.0902. The Hall–Kier alpha value is -2.31. The molecule has 19 heavy (non-hydrogen) atoms. The second-order valence-corrected chi connectivity index (χ2v) is 4.31. The largest absolute Gasteiger partial charge is 0.484 e. The van der Waals surface area contributed by atoms with Crippen LogP contribution in [0.15, 0.2) is 18.2 Å². The highest BCUT2D eigenvalue weighted by Crippen LogP contribution is 2.35. The molecule has 2 rings (SSSR count). The van der Waals surface area contributed by atoms with Crippen LogP contribution in [0.5, 0.6) is 5.75 Å². The van der Waals surface area contributed by atoms with Gasteiger partial charge >= 0.3 is 6.03 Å². The van der Waals surface area contributed by atoms with E-state index in [0.29, 0.717) is 12.2 Å². The van der Waals surface area contributed by atoms with Gasteiger partial charge in [-0.15, -0.1) is 0 Å². The summed E-state index contributed by atoms with van der Waals surface area (Å²) in [5, 5.41) is 1.97. The molecule has 1 aromatic carbocycles. The molecule has 0 fully saturated rings. The fraction of sp³-hybridized carbons (Fsp3) is 0.333. The molecule has 3 N–H and O–H groups in total. The number of para-hydroxylation sites is 1. The van der Waals surface area contributed by atoms with Crippen LogP contribution >= 0.6 is 0 Å². The minimum Gasteiger partial charge on any atom is -0.484 e. The van der Waals surface area contributed by atoms with Gasteiger partial charge in [-0.2, -0.15) is 0 Å². The highest BCUT2D eigenvalue weighted by molar-refractivity contribution is 5.96. The fourth-order valence-electron chi connectivity index (χ4n) is 2.01. The number of ether oxygens (including phenoxy) is 1. The van der Waals surface area contributed by atoms with Crippen LogP contribution in [0.4, 0.5) is 14.9 Å². The normalized spacial score (nSPS) is 17.4. The smallest absolute Gasteiger partial charge is 0.318 e. The third-order valence-electron chi connectivity index (χ3n) is 2.68. The number of anilines is 1. The van der Waals surface area contributed by atoms with Crippen LogP contribution in [0, 0.1) is 5.82 Å². The first-order valence-electron chi connectivity index (χ1n) is 5.76. The Labute approximate surface area is 109 Å². The predicted octanol–water partition coefficient (Wildman–Crippen LogP) is 0.608. The number of imide groups is 1. The van der Waals surface area contributed by atoms with Crippen molar-refractivity contribution >= 4 is 17.6 Å². The average Bonchev–Trinajstić information content (AvgIpc) is 2.29. The molecular weight excluding hydrogens is 253 g/mol. The van der Waals surface area contributed by atoms with Crippen LogP contribution in [0.2, 0.25) is 0 Å². The average molecular weight is 267 g/mol. The van der Waals surface area contributed by atoms with Gasteiger partial charge < -0.3 is 15.4 Å². The zero-order chi connectivity index (χ0) is 14.0. The number of fused-ring (bicyclic) bond motifs is 1. The Balaban J connectivity index is 2.21. The molecular formula is C12H14FN3O3. The molecule has 1 aliphatic heterocycles. The van der Waals surface area contributed by atoms with Crippen LogP contribution in [0.25, 0.3) is 0 Å². The van der Waals surface area contributed by atoms with E-state index in [2.05, 4.69) is 0 Å². The van der Waals surface area contributed by atoms with Crippen molar-refractivity contribution < 1.29 is 18.7 Å². The number of halogens is 1. The molecule has 0 saturated heterocycles. The van der Waals surface area contributed by atoms with E-state index in [-0.39, 0.29) is 18.4 Å². The maximum absolute atomic E-state index is 13.6. The Morgan fingerprint density at radius 1 is 1.58 bits per heavy atom. The number of hydrogen-bond donors (Lipinski definition) is 2. The Morgan fingerprint density at radius 2 is 2.32 bits per heavy atom. The van der Waals surface area contributed by atoms with E-state index in [1.807, 2.05) is 5.32 Å². The minimum atomic E-state index is -0.911. The van der Waals surface area contributed by atoms with Crippen molar-refractivity contribution in [3.05, 3.63) is 24.0 Å². The summed E-state index contributed by atoms with van der Waals surface area (Å²) in [7, 11) is 0. The summed E-state index contributed by atoms with van der Waals surface area (Å²) in [4.78, 5) is 23.8. The fourth-order valence-corrected chi connectivity index (χ4v) is 2.01. The summed E-state index contributed by atoms with van der Waals surface area (Å²) in [6.07, 6.45) is -0.259. The van der Waals surface area contributed by atoms with Crippen LogP contribution in [0.3, 0.4) is 0 Å². The number of benzene rings is 1. The number of hydrogen-bond acceptors (Lipinski definition) is 4. The van der Waals surface area contributed by atoms with Gasteiger partial charge in [0.05, 0.1) is 18.8 Å². The number of nitrogens with two attached hydrogens (primary N) is 1. The first-order valence-corrected chi connectivity index (χ1v) is 5.76. The number of amides is 3. The quantitative estimate of drug-likeness (QED) is 0.822. The lowest BCUT2D eigenvalue weighted by atomic mass is 10.2. The topological polar surface area (TPSA) is 84.7 Å². The van der Waals surface area contributed by atoms with Crippen molar-refractivity contribution in [3.63, 3.8) is 0 Å². The lowest BCUT2D eigenvalue weighted by Crippen LogP contribution is -2.46. The summed E-state index contributed by atoms with van der Waals surface area (Å²) in [6.45, 7) is 2.10. The van der Waals surface area contributed by atoms with Gasteiger partial charge in [-0.25, -0.2) is 9.18 Å². The summed E-state index contributed by atoms with van der Waals surface area (Å²) < 4.78 is 19.1. The van der Waals surface area contributed by atoms with Crippen molar-refractivity contribution in [2.24, 2.45) is 5.73 Å². The Bertz CT molecular complexity index is 521. The second-order valence-electron chi connectivity index (χ2n) is 4.31. The maximum Gasteiger partial charge on any atom is 0.318 e. The molecule has 1 aliphatic rings. The van der Waals surface area contributed by atoms with Gasteiger partial charge in [0.1, 0.15) is 6.10 Å². The molecule has 6 nitrogen and oxygen atoms in total. The predicted molar refractivity (Wildman–Crippen MR) is 66.4 cm³/mol. The van der Waals surface area contributed by atoms with E-state index in [4.69, 9.17) is 10.5 Å². The van der Waals surface area contributed by atoms with Gasteiger partial charge in [-0.3, -0.25) is 10.1 Å². The van der Waals surface area contributed by atoms with E-state index in [0.717, 1.165) is 0 Å². The molecule has 7 heteroatoms. The van der Waals surface area contributed by atoms with Gasteiger partial charge in [-0.1, -0.05) is 6.07 Å². The van der Waals surface area contributed by atoms with Gasteiger partial charge in [-0.05, 0) is 19.1 Å². The molecule has 1 aromatic rings. The Kier molecular flexibility index (Phi) is 3.55. The number of primary amides is 1. The molecule has 1 unspecified atom stereocenters. The molecule has 0 bridgehead atoms. The molecule has 3 amide bonds. The summed E-state index contributed by atoms with van der Waals surface area (Å²) in [5.41, 5.74) is 5.35. The third-order valence-corrected chi connectivity index (χ3v) is 2.68.